The van der Waals surface area contributed by atoms with Gasteiger partial charge >= 0.3 is 0 Å². The number of hydrogen-bond donors (Lipinski definition) is 1. The number of hydrogen-bond acceptors (Lipinski definition) is 6. The molecule has 0 fully saturated rings. The summed E-state index contributed by atoms with van der Waals surface area (Å²) in [5.41, 5.74) is 2.22. The van der Waals surface area contributed by atoms with Gasteiger partial charge in [0.25, 0.3) is 5.91 Å². The number of benzene rings is 1. The Morgan fingerprint density at radius 3 is 2.72 bits per heavy atom. The molecule has 1 N–H and O–H groups in total. The Morgan fingerprint density at radius 1 is 1.24 bits per heavy atom. The van der Waals surface area contributed by atoms with Crippen LogP contribution in [0.1, 0.15) is 39.6 Å². The number of aromatic nitrogens is 3. The zero-order valence-electron chi connectivity index (χ0n) is 17.2. The lowest BCUT2D eigenvalue weighted by atomic mass is 10.2. The predicted molar refractivity (Wildman–Crippen MR) is 107 cm³/mol. The lowest BCUT2D eigenvalue weighted by Gasteiger charge is -2.12. The Hall–Kier alpha value is -3.29. The summed E-state index contributed by atoms with van der Waals surface area (Å²) in [4.78, 5) is 16.6. The van der Waals surface area contributed by atoms with Crippen molar-refractivity contribution in [2.75, 3.05) is 13.7 Å². The van der Waals surface area contributed by atoms with Crippen molar-refractivity contribution in [2.45, 2.75) is 40.3 Å². The minimum Gasteiger partial charge on any atom is -0.493 e. The second-order valence-electron chi connectivity index (χ2n) is 6.73. The molecule has 0 saturated carbocycles. The molecule has 1 amide bonds. The van der Waals surface area contributed by atoms with Crippen molar-refractivity contribution in [3.8, 4) is 11.5 Å². The Morgan fingerprint density at radius 2 is 2.07 bits per heavy atom. The highest BCUT2D eigenvalue weighted by Crippen LogP contribution is 2.29. The first-order chi connectivity index (χ1) is 14.0. The molecule has 0 bridgehead atoms. The van der Waals surface area contributed by atoms with Crippen molar-refractivity contribution >= 4 is 5.91 Å². The molecule has 0 atom stereocenters. The highest BCUT2D eigenvalue weighted by molar-refractivity contribution is 5.94. The van der Waals surface area contributed by atoms with Gasteiger partial charge in [0.15, 0.2) is 11.5 Å². The molecule has 8 heteroatoms. The number of aryl methyl sites for hydroxylation is 4. The van der Waals surface area contributed by atoms with Crippen molar-refractivity contribution in [3.05, 3.63) is 59.0 Å². The number of ether oxygens (including phenoxy) is 2. The fourth-order valence-electron chi connectivity index (χ4n) is 2.98. The van der Waals surface area contributed by atoms with Crippen LogP contribution in [0, 0.1) is 20.8 Å². The number of amides is 1. The molecule has 0 aliphatic carbocycles. The quantitative estimate of drug-likeness (QED) is 0.557. The molecule has 0 spiro atoms. The van der Waals surface area contributed by atoms with Crippen molar-refractivity contribution in [2.24, 2.45) is 0 Å². The monoisotopic (exact) mass is 398 g/mol. The molecule has 0 aliphatic rings. The molecular formula is C21H26N4O4. The molecule has 3 aromatic rings. The SMILES string of the molecule is COc1cc(C(=O)NCCCn2ccnc2C)ccc1OCc1c(C)noc1C. The zero-order valence-corrected chi connectivity index (χ0v) is 17.2. The van der Waals surface area contributed by atoms with Gasteiger partial charge < -0.3 is 23.9 Å². The largest absolute Gasteiger partial charge is 0.493 e. The number of nitrogens with one attached hydrogen (secondary N) is 1. The Labute approximate surface area is 169 Å². The van der Waals surface area contributed by atoms with Crippen molar-refractivity contribution in [1.29, 1.82) is 0 Å². The van der Waals surface area contributed by atoms with Gasteiger partial charge in [-0.15, -0.1) is 0 Å². The lowest BCUT2D eigenvalue weighted by Crippen LogP contribution is -2.25. The first-order valence-electron chi connectivity index (χ1n) is 9.48. The van der Waals surface area contributed by atoms with Gasteiger partial charge in [0.2, 0.25) is 0 Å². The first kappa shape index (κ1) is 20.4. The van der Waals surface area contributed by atoms with Crippen LogP contribution in [0.4, 0.5) is 0 Å². The van der Waals surface area contributed by atoms with Gasteiger partial charge in [-0.3, -0.25) is 4.79 Å². The number of rotatable bonds is 9. The fraction of sp³-hybridized carbons (Fsp3) is 0.381. The van der Waals surface area contributed by atoms with E-state index in [1.165, 1.54) is 0 Å². The van der Waals surface area contributed by atoms with Crippen LogP contribution < -0.4 is 14.8 Å². The molecule has 8 nitrogen and oxygen atoms in total. The third-order valence-electron chi connectivity index (χ3n) is 4.76. The maximum atomic E-state index is 12.4. The smallest absolute Gasteiger partial charge is 0.251 e. The maximum Gasteiger partial charge on any atom is 0.251 e. The van der Waals surface area contributed by atoms with Crippen LogP contribution in [0.15, 0.2) is 35.1 Å². The van der Waals surface area contributed by atoms with Crippen molar-refractivity contribution in [3.63, 3.8) is 0 Å². The Bertz CT molecular complexity index is 957. The van der Waals surface area contributed by atoms with Gasteiger partial charge in [0.05, 0.1) is 18.4 Å². The molecule has 0 aliphatic heterocycles. The van der Waals surface area contributed by atoms with Crippen molar-refractivity contribution < 1.29 is 18.8 Å². The molecule has 2 heterocycles. The molecule has 1 aromatic carbocycles. The second-order valence-corrected chi connectivity index (χ2v) is 6.73. The number of carbonyl (C=O) groups excluding carboxylic acids is 1. The molecule has 2 aromatic heterocycles. The molecule has 3 rings (SSSR count). The van der Waals surface area contributed by atoms with E-state index in [1.54, 1.807) is 31.5 Å². The summed E-state index contributed by atoms with van der Waals surface area (Å²) in [7, 11) is 1.55. The highest BCUT2D eigenvalue weighted by atomic mass is 16.5. The topological polar surface area (TPSA) is 91.4 Å². The summed E-state index contributed by atoms with van der Waals surface area (Å²) in [6, 6.07) is 5.14. The summed E-state index contributed by atoms with van der Waals surface area (Å²) in [5.74, 6) is 2.60. The summed E-state index contributed by atoms with van der Waals surface area (Å²) in [6.07, 6.45) is 4.53. The normalized spacial score (nSPS) is 10.8. The molecule has 0 unspecified atom stereocenters. The van der Waals surface area contributed by atoms with Gasteiger partial charge in [-0.25, -0.2) is 4.98 Å². The van der Waals surface area contributed by atoms with E-state index in [0.29, 0.717) is 30.2 Å². The molecule has 29 heavy (non-hydrogen) atoms. The van der Waals surface area contributed by atoms with Gasteiger partial charge in [-0.2, -0.15) is 0 Å². The van der Waals surface area contributed by atoms with Crippen molar-refractivity contribution in [1.82, 2.24) is 20.0 Å². The predicted octanol–water partition coefficient (Wildman–Crippen LogP) is 3.20. The summed E-state index contributed by atoms with van der Waals surface area (Å²) in [5, 5.41) is 6.85. The third kappa shape index (κ3) is 4.96. The van der Waals surface area contributed by atoms with E-state index in [2.05, 4.69) is 20.0 Å². The molecular weight excluding hydrogens is 372 g/mol. The summed E-state index contributed by atoms with van der Waals surface area (Å²) >= 11 is 0. The van der Waals surface area contributed by atoms with Crippen LogP contribution in [0.5, 0.6) is 11.5 Å². The third-order valence-corrected chi connectivity index (χ3v) is 4.76. The summed E-state index contributed by atoms with van der Waals surface area (Å²) in [6.45, 7) is 7.37. The van der Waals surface area contributed by atoms with Crippen LogP contribution >= 0.6 is 0 Å². The first-order valence-corrected chi connectivity index (χ1v) is 9.48. The van der Waals surface area contributed by atoms with Crippen LogP contribution in [0.3, 0.4) is 0 Å². The zero-order chi connectivity index (χ0) is 20.8. The average molecular weight is 398 g/mol. The van der Waals surface area contributed by atoms with E-state index in [1.807, 2.05) is 27.0 Å². The molecule has 0 saturated heterocycles. The van der Waals surface area contributed by atoms with Crippen LogP contribution in [-0.4, -0.2) is 34.3 Å². The Balaban J connectivity index is 1.56. The molecule has 154 valence electrons. The van der Waals surface area contributed by atoms with Gasteiger partial charge in [0, 0.05) is 31.0 Å². The van der Waals surface area contributed by atoms with Gasteiger partial charge in [-0.05, 0) is 45.4 Å². The fourth-order valence-corrected chi connectivity index (χ4v) is 2.98. The van der Waals surface area contributed by atoms with Gasteiger partial charge in [0.1, 0.15) is 18.2 Å². The van der Waals surface area contributed by atoms with E-state index >= 15 is 0 Å². The summed E-state index contributed by atoms with van der Waals surface area (Å²) < 4.78 is 18.5. The van der Waals surface area contributed by atoms with Crippen LogP contribution in [0.2, 0.25) is 0 Å². The van der Waals surface area contributed by atoms with E-state index in [4.69, 9.17) is 14.0 Å². The highest BCUT2D eigenvalue weighted by Gasteiger charge is 2.14. The van der Waals surface area contributed by atoms with E-state index in [9.17, 15) is 4.79 Å². The van der Waals surface area contributed by atoms with Crippen LogP contribution in [-0.2, 0) is 13.2 Å². The number of nitrogens with zero attached hydrogens (tertiary/aromatic N) is 3. The van der Waals surface area contributed by atoms with E-state index in [-0.39, 0.29) is 5.91 Å². The second kappa shape index (κ2) is 9.27. The number of imidazole rings is 1. The lowest BCUT2D eigenvalue weighted by molar-refractivity contribution is 0.0952. The minimum atomic E-state index is -0.150. The maximum absolute atomic E-state index is 12.4. The number of carbonyl (C=O) groups is 1. The Kier molecular flexibility index (Phi) is 6.54. The minimum absolute atomic E-state index is 0.150. The average Bonchev–Trinajstić information content (AvgIpc) is 3.28. The van der Waals surface area contributed by atoms with E-state index < -0.39 is 0 Å². The van der Waals surface area contributed by atoms with Crippen LogP contribution in [0.25, 0.3) is 0 Å². The standard InChI is InChI=1S/C21H26N4O4/c1-14-18(15(2)29-24-14)13-28-19-7-6-17(12-20(19)27-4)21(26)23-8-5-10-25-11-9-22-16(25)3/h6-7,9,11-12H,5,8,10,13H2,1-4H3,(H,23,26). The number of methoxy groups -OCH3 is 1. The molecule has 0 radical (unpaired) electrons. The van der Waals surface area contributed by atoms with Gasteiger partial charge in [-0.1, -0.05) is 5.16 Å². The van der Waals surface area contributed by atoms with E-state index in [0.717, 1.165) is 35.8 Å².